The Bertz CT molecular complexity index is 182. The van der Waals surface area contributed by atoms with Crippen LogP contribution < -0.4 is 0 Å². The monoisotopic (exact) mass is 196 g/mol. The molecule has 0 radical (unpaired) electrons. The van der Waals surface area contributed by atoms with E-state index >= 15 is 0 Å². The number of hydrogen-bond acceptors (Lipinski definition) is 0. The molecule has 1 fully saturated rings. The molecule has 14 heavy (non-hydrogen) atoms. The van der Waals surface area contributed by atoms with Crippen molar-refractivity contribution in [1.29, 1.82) is 0 Å². The summed E-state index contributed by atoms with van der Waals surface area (Å²) in [5, 5.41) is 0. The molecule has 4 atom stereocenters. The van der Waals surface area contributed by atoms with Crippen LogP contribution in [0, 0.1) is 29.1 Å². The summed E-state index contributed by atoms with van der Waals surface area (Å²) in [4.78, 5) is 0. The van der Waals surface area contributed by atoms with Crippen molar-refractivity contribution in [3.63, 3.8) is 0 Å². The number of hydrogen-bond donors (Lipinski definition) is 0. The summed E-state index contributed by atoms with van der Waals surface area (Å²) in [6, 6.07) is 0. The van der Waals surface area contributed by atoms with Gasteiger partial charge in [-0.15, -0.1) is 0 Å². The molecule has 0 amide bonds. The lowest BCUT2D eigenvalue weighted by Crippen LogP contribution is -2.14. The van der Waals surface area contributed by atoms with Crippen molar-refractivity contribution >= 4 is 0 Å². The predicted molar refractivity (Wildman–Crippen MR) is 64.3 cm³/mol. The van der Waals surface area contributed by atoms with Gasteiger partial charge in [-0.2, -0.15) is 0 Å². The minimum atomic E-state index is 0.656. The van der Waals surface area contributed by atoms with Crippen LogP contribution >= 0.6 is 0 Å². The smallest absolute Gasteiger partial charge is 0.0238 e. The third-order valence-corrected chi connectivity index (χ3v) is 4.90. The second-order valence-electron chi connectivity index (χ2n) is 5.97. The fourth-order valence-corrected chi connectivity index (χ4v) is 3.69. The molecule has 0 aliphatic heterocycles. The molecule has 0 bridgehead atoms. The standard InChI is InChI=1S/C14H28/c1-7-8-9-11(4)14(6)12(5)13(14)10(2)3/h10-13H,7-9H2,1-6H3. The van der Waals surface area contributed by atoms with E-state index in [1.165, 1.54) is 19.3 Å². The molecule has 0 spiro atoms. The first-order valence-electron chi connectivity index (χ1n) is 6.46. The molecule has 1 rings (SSSR count). The van der Waals surface area contributed by atoms with Crippen LogP contribution in [0.5, 0.6) is 0 Å². The van der Waals surface area contributed by atoms with Crippen LogP contribution in [0.25, 0.3) is 0 Å². The summed E-state index contributed by atoms with van der Waals surface area (Å²) in [5.74, 6) is 3.73. The molecule has 4 unspecified atom stereocenters. The largest absolute Gasteiger partial charge is 0.0654 e. The molecule has 0 aromatic rings. The normalized spacial score (nSPS) is 38.8. The Hall–Kier alpha value is 0. The van der Waals surface area contributed by atoms with Gasteiger partial charge in [0.05, 0.1) is 0 Å². The molecule has 84 valence electrons. The van der Waals surface area contributed by atoms with Crippen LogP contribution in [0.15, 0.2) is 0 Å². The third-order valence-electron chi connectivity index (χ3n) is 4.90. The lowest BCUT2D eigenvalue weighted by atomic mass is 9.83. The average molecular weight is 196 g/mol. The fraction of sp³-hybridized carbons (Fsp3) is 1.00. The molecule has 0 heterocycles. The Morgan fingerprint density at radius 3 is 2.14 bits per heavy atom. The van der Waals surface area contributed by atoms with Crippen LogP contribution in [0.4, 0.5) is 0 Å². The highest BCUT2D eigenvalue weighted by atomic mass is 14.7. The van der Waals surface area contributed by atoms with Crippen molar-refractivity contribution in [3.8, 4) is 0 Å². The van der Waals surface area contributed by atoms with Gasteiger partial charge >= 0.3 is 0 Å². The van der Waals surface area contributed by atoms with Gasteiger partial charge < -0.3 is 0 Å². The minimum Gasteiger partial charge on any atom is -0.0654 e. The summed E-state index contributed by atoms with van der Waals surface area (Å²) >= 11 is 0. The van der Waals surface area contributed by atoms with E-state index in [9.17, 15) is 0 Å². The Kier molecular flexibility index (Phi) is 3.66. The SMILES string of the molecule is CCCCC(C)C1(C)C(C)C1C(C)C. The molecule has 0 nitrogen and oxygen atoms in total. The second-order valence-corrected chi connectivity index (χ2v) is 5.97. The fourth-order valence-electron chi connectivity index (χ4n) is 3.69. The Labute approximate surface area is 90.5 Å². The molecule has 0 aromatic heterocycles. The van der Waals surface area contributed by atoms with E-state index in [0.717, 1.165) is 23.7 Å². The molecular formula is C14H28. The van der Waals surface area contributed by atoms with Crippen molar-refractivity contribution in [2.24, 2.45) is 29.1 Å². The molecule has 1 aliphatic rings. The van der Waals surface area contributed by atoms with Gasteiger partial charge in [-0.1, -0.05) is 60.8 Å². The minimum absolute atomic E-state index is 0.656. The molecule has 0 N–H and O–H groups in total. The third kappa shape index (κ3) is 1.85. The van der Waals surface area contributed by atoms with E-state index in [1.807, 2.05) is 0 Å². The summed E-state index contributed by atoms with van der Waals surface area (Å²) in [7, 11) is 0. The first kappa shape index (κ1) is 12.1. The summed E-state index contributed by atoms with van der Waals surface area (Å²) in [6.45, 7) is 14.5. The molecule has 1 aliphatic carbocycles. The maximum atomic E-state index is 2.52. The van der Waals surface area contributed by atoms with Gasteiger partial charge in [-0.3, -0.25) is 0 Å². The van der Waals surface area contributed by atoms with Gasteiger partial charge in [0, 0.05) is 0 Å². The van der Waals surface area contributed by atoms with Crippen LogP contribution in [-0.2, 0) is 0 Å². The second kappa shape index (κ2) is 4.24. The van der Waals surface area contributed by atoms with E-state index in [0.29, 0.717) is 5.41 Å². The van der Waals surface area contributed by atoms with Crippen LogP contribution in [0.3, 0.4) is 0 Å². The number of unbranched alkanes of at least 4 members (excludes halogenated alkanes) is 1. The Morgan fingerprint density at radius 1 is 1.21 bits per heavy atom. The molecular weight excluding hydrogens is 168 g/mol. The van der Waals surface area contributed by atoms with Gasteiger partial charge in [-0.05, 0) is 29.1 Å². The lowest BCUT2D eigenvalue weighted by molar-refractivity contribution is 0.273. The Morgan fingerprint density at radius 2 is 1.79 bits per heavy atom. The average Bonchev–Trinajstić information content (AvgIpc) is 2.67. The summed E-state index contributed by atoms with van der Waals surface area (Å²) in [5.41, 5.74) is 0.656. The van der Waals surface area contributed by atoms with Crippen LogP contribution in [0.1, 0.15) is 60.8 Å². The molecule has 1 saturated carbocycles. The van der Waals surface area contributed by atoms with Gasteiger partial charge in [0.2, 0.25) is 0 Å². The van der Waals surface area contributed by atoms with Gasteiger partial charge in [-0.25, -0.2) is 0 Å². The van der Waals surface area contributed by atoms with E-state index in [-0.39, 0.29) is 0 Å². The highest BCUT2D eigenvalue weighted by Gasteiger charge is 2.61. The first-order chi connectivity index (χ1) is 6.46. The highest BCUT2D eigenvalue weighted by Crippen LogP contribution is 2.66. The number of rotatable bonds is 5. The van der Waals surface area contributed by atoms with Crippen molar-refractivity contribution in [2.75, 3.05) is 0 Å². The highest BCUT2D eigenvalue weighted by molar-refractivity contribution is 5.08. The zero-order valence-corrected chi connectivity index (χ0v) is 10.9. The zero-order valence-electron chi connectivity index (χ0n) is 10.9. The van der Waals surface area contributed by atoms with E-state index < -0.39 is 0 Å². The van der Waals surface area contributed by atoms with E-state index in [4.69, 9.17) is 0 Å². The predicted octanol–water partition coefficient (Wildman–Crippen LogP) is 4.74. The quantitative estimate of drug-likeness (QED) is 0.595. The van der Waals surface area contributed by atoms with Crippen molar-refractivity contribution in [2.45, 2.75) is 60.8 Å². The zero-order chi connectivity index (χ0) is 10.9. The first-order valence-corrected chi connectivity index (χ1v) is 6.46. The molecule has 0 heteroatoms. The van der Waals surface area contributed by atoms with Crippen molar-refractivity contribution in [3.05, 3.63) is 0 Å². The topological polar surface area (TPSA) is 0 Å². The molecule has 0 aromatic carbocycles. The summed E-state index contributed by atoms with van der Waals surface area (Å²) < 4.78 is 0. The van der Waals surface area contributed by atoms with Crippen molar-refractivity contribution in [1.82, 2.24) is 0 Å². The lowest BCUT2D eigenvalue weighted by Gasteiger charge is -2.22. The van der Waals surface area contributed by atoms with Gasteiger partial charge in [0.1, 0.15) is 0 Å². The van der Waals surface area contributed by atoms with Gasteiger partial charge in [0.25, 0.3) is 0 Å². The van der Waals surface area contributed by atoms with Crippen LogP contribution in [0.2, 0.25) is 0 Å². The Balaban J connectivity index is 2.51. The van der Waals surface area contributed by atoms with E-state index in [2.05, 4.69) is 41.5 Å². The van der Waals surface area contributed by atoms with Crippen LogP contribution in [-0.4, -0.2) is 0 Å². The van der Waals surface area contributed by atoms with E-state index in [1.54, 1.807) is 0 Å². The maximum absolute atomic E-state index is 2.52. The maximum Gasteiger partial charge on any atom is -0.0238 e. The summed E-state index contributed by atoms with van der Waals surface area (Å²) in [6.07, 6.45) is 4.19. The molecule has 0 saturated heterocycles. The van der Waals surface area contributed by atoms with Gasteiger partial charge in [0.15, 0.2) is 0 Å². The van der Waals surface area contributed by atoms with Crippen molar-refractivity contribution < 1.29 is 0 Å².